The summed E-state index contributed by atoms with van der Waals surface area (Å²) in [7, 11) is 0. The minimum atomic E-state index is 0.0314. The molecule has 114 valence electrons. The molecular weight excluding hydrogens is 274 g/mol. The normalized spacial score (nSPS) is 18.5. The predicted molar refractivity (Wildman–Crippen MR) is 87.3 cm³/mol. The fraction of sp³-hybridized carbons (Fsp3) is 0.333. The van der Waals surface area contributed by atoms with Crippen LogP contribution in [0.1, 0.15) is 38.7 Å². The van der Waals surface area contributed by atoms with Crippen LogP contribution in [0.25, 0.3) is 11.3 Å². The summed E-state index contributed by atoms with van der Waals surface area (Å²) >= 11 is 0. The van der Waals surface area contributed by atoms with E-state index in [4.69, 9.17) is 0 Å². The van der Waals surface area contributed by atoms with Gasteiger partial charge in [0.05, 0.1) is 6.33 Å². The van der Waals surface area contributed by atoms with Gasteiger partial charge in [-0.3, -0.25) is 4.79 Å². The number of benzene rings is 1. The van der Waals surface area contributed by atoms with E-state index in [1.54, 1.807) is 12.5 Å². The van der Waals surface area contributed by atoms with Gasteiger partial charge >= 0.3 is 0 Å². The maximum Gasteiger partial charge on any atom is 0.227 e. The topological polar surface area (TPSA) is 46.9 Å². The first-order valence-electron chi connectivity index (χ1n) is 7.80. The van der Waals surface area contributed by atoms with Crippen molar-refractivity contribution < 1.29 is 4.79 Å². The third-order valence-corrected chi connectivity index (χ3v) is 4.11. The number of allylic oxidation sites excluding steroid dienone is 2. The SMILES string of the molecule is CCCC1=C(c2ccc(-n3ccnc3)cc2)CC(C)C(=O)N1. The van der Waals surface area contributed by atoms with E-state index in [1.807, 2.05) is 17.7 Å². The number of amides is 1. The Bertz CT molecular complexity index is 684. The van der Waals surface area contributed by atoms with E-state index >= 15 is 0 Å². The molecule has 1 N–H and O–H groups in total. The monoisotopic (exact) mass is 295 g/mol. The Morgan fingerprint density at radius 2 is 2.09 bits per heavy atom. The van der Waals surface area contributed by atoms with E-state index in [-0.39, 0.29) is 11.8 Å². The van der Waals surface area contributed by atoms with Crippen LogP contribution in [0.15, 0.2) is 48.7 Å². The van der Waals surface area contributed by atoms with E-state index in [9.17, 15) is 4.79 Å². The minimum Gasteiger partial charge on any atom is -0.329 e. The maximum atomic E-state index is 11.9. The molecule has 0 aliphatic carbocycles. The molecule has 1 aromatic heterocycles. The van der Waals surface area contributed by atoms with E-state index in [0.717, 1.165) is 30.6 Å². The van der Waals surface area contributed by atoms with Crippen molar-refractivity contribution in [3.63, 3.8) is 0 Å². The number of hydrogen-bond donors (Lipinski definition) is 1. The highest BCUT2D eigenvalue weighted by Crippen LogP contribution is 2.31. The summed E-state index contributed by atoms with van der Waals surface area (Å²) in [5, 5.41) is 3.08. The molecule has 0 bridgehead atoms. The van der Waals surface area contributed by atoms with Crippen molar-refractivity contribution in [1.29, 1.82) is 0 Å². The molecule has 4 heteroatoms. The van der Waals surface area contributed by atoms with Crippen molar-refractivity contribution >= 4 is 11.5 Å². The van der Waals surface area contributed by atoms with Crippen LogP contribution >= 0.6 is 0 Å². The van der Waals surface area contributed by atoms with Gasteiger partial charge in [-0.1, -0.05) is 32.4 Å². The highest BCUT2D eigenvalue weighted by molar-refractivity contribution is 5.88. The molecule has 0 saturated carbocycles. The lowest BCUT2D eigenvalue weighted by molar-refractivity contribution is -0.124. The number of carbonyl (C=O) groups excluding carboxylic acids is 1. The molecule has 0 spiro atoms. The maximum absolute atomic E-state index is 11.9. The highest BCUT2D eigenvalue weighted by Gasteiger charge is 2.24. The Kier molecular flexibility index (Phi) is 4.09. The van der Waals surface area contributed by atoms with Gasteiger partial charge in [-0.25, -0.2) is 4.98 Å². The van der Waals surface area contributed by atoms with Crippen molar-refractivity contribution in [1.82, 2.24) is 14.9 Å². The zero-order valence-electron chi connectivity index (χ0n) is 13.0. The number of rotatable bonds is 4. The average molecular weight is 295 g/mol. The van der Waals surface area contributed by atoms with Crippen LogP contribution in [0.4, 0.5) is 0 Å². The van der Waals surface area contributed by atoms with Crippen LogP contribution in [0, 0.1) is 5.92 Å². The van der Waals surface area contributed by atoms with Gasteiger partial charge in [0.2, 0.25) is 5.91 Å². The van der Waals surface area contributed by atoms with Crippen LogP contribution in [0.3, 0.4) is 0 Å². The van der Waals surface area contributed by atoms with E-state index in [2.05, 4.69) is 41.5 Å². The largest absolute Gasteiger partial charge is 0.329 e. The Hall–Kier alpha value is -2.36. The second kappa shape index (κ2) is 6.18. The molecule has 22 heavy (non-hydrogen) atoms. The molecule has 1 atom stereocenters. The molecule has 1 aliphatic heterocycles. The summed E-state index contributed by atoms with van der Waals surface area (Å²) in [6, 6.07) is 8.44. The molecule has 0 saturated heterocycles. The van der Waals surface area contributed by atoms with Crippen LogP contribution in [0.2, 0.25) is 0 Å². The number of imidazole rings is 1. The van der Waals surface area contributed by atoms with E-state index in [1.165, 1.54) is 11.1 Å². The quantitative estimate of drug-likeness (QED) is 0.937. The number of nitrogens with one attached hydrogen (secondary N) is 1. The third kappa shape index (κ3) is 2.82. The van der Waals surface area contributed by atoms with Crippen LogP contribution in [0.5, 0.6) is 0 Å². The molecule has 4 nitrogen and oxygen atoms in total. The van der Waals surface area contributed by atoms with Gasteiger partial charge < -0.3 is 9.88 Å². The molecule has 0 radical (unpaired) electrons. The lowest BCUT2D eigenvalue weighted by atomic mass is 9.88. The van der Waals surface area contributed by atoms with Gasteiger partial charge in [-0.05, 0) is 36.1 Å². The second-order valence-corrected chi connectivity index (χ2v) is 5.82. The smallest absolute Gasteiger partial charge is 0.227 e. The fourth-order valence-electron chi connectivity index (χ4n) is 2.87. The standard InChI is InChI=1S/C18H21N3O/c1-3-4-17-16(11-13(2)18(22)20-17)14-5-7-15(8-6-14)21-10-9-19-12-21/h5-10,12-13H,3-4,11H2,1-2H3,(H,20,22). The molecule has 1 amide bonds. The minimum absolute atomic E-state index is 0.0314. The highest BCUT2D eigenvalue weighted by atomic mass is 16.1. The number of carbonyl (C=O) groups is 1. The summed E-state index contributed by atoms with van der Waals surface area (Å²) in [5.74, 6) is 0.172. The molecule has 1 unspecified atom stereocenters. The van der Waals surface area contributed by atoms with Crippen LogP contribution in [-0.2, 0) is 4.79 Å². The average Bonchev–Trinajstić information content (AvgIpc) is 3.06. The van der Waals surface area contributed by atoms with Gasteiger partial charge in [-0.2, -0.15) is 0 Å². The Morgan fingerprint density at radius 1 is 1.32 bits per heavy atom. The molecule has 2 heterocycles. The summed E-state index contributed by atoms with van der Waals surface area (Å²) in [4.78, 5) is 16.0. The zero-order chi connectivity index (χ0) is 15.5. The number of aromatic nitrogens is 2. The summed E-state index contributed by atoms with van der Waals surface area (Å²) in [6.45, 7) is 4.12. The first kappa shape index (κ1) is 14.6. The molecule has 3 rings (SSSR count). The van der Waals surface area contributed by atoms with Gasteiger partial charge in [-0.15, -0.1) is 0 Å². The van der Waals surface area contributed by atoms with Gasteiger partial charge in [0.1, 0.15) is 0 Å². The number of nitrogens with zero attached hydrogens (tertiary/aromatic N) is 2. The summed E-state index contributed by atoms with van der Waals surface area (Å²) < 4.78 is 1.98. The van der Waals surface area contributed by atoms with Crippen molar-refractivity contribution in [2.24, 2.45) is 5.92 Å². The van der Waals surface area contributed by atoms with Crippen LogP contribution < -0.4 is 5.32 Å². The van der Waals surface area contributed by atoms with Crippen molar-refractivity contribution in [3.8, 4) is 5.69 Å². The first-order chi connectivity index (χ1) is 10.7. The predicted octanol–water partition coefficient (Wildman–Crippen LogP) is 3.54. The summed E-state index contributed by atoms with van der Waals surface area (Å²) in [5.41, 5.74) is 4.64. The number of hydrogen-bond acceptors (Lipinski definition) is 2. The first-order valence-corrected chi connectivity index (χ1v) is 7.80. The van der Waals surface area contributed by atoms with Gasteiger partial charge in [0.25, 0.3) is 0 Å². The van der Waals surface area contributed by atoms with Gasteiger partial charge in [0, 0.05) is 29.7 Å². The second-order valence-electron chi connectivity index (χ2n) is 5.82. The van der Waals surface area contributed by atoms with Crippen molar-refractivity contribution in [2.45, 2.75) is 33.1 Å². The lowest BCUT2D eigenvalue weighted by Crippen LogP contribution is -2.33. The van der Waals surface area contributed by atoms with E-state index < -0.39 is 0 Å². The Balaban J connectivity index is 1.94. The lowest BCUT2D eigenvalue weighted by Gasteiger charge is -2.25. The molecule has 0 fully saturated rings. The Labute approximate surface area is 130 Å². The molecule has 1 aromatic carbocycles. The van der Waals surface area contributed by atoms with E-state index in [0.29, 0.717) is 0 Å². The molecule has 2 aromatic rings. The van der Waals surface area contributed by atoms with Crippen molar-refractivity contribution in [2.75, 3.05) is 0 Å². The fourth-order valence-corrected chi connectivity index (χ4v) is 2.87. The Morgan fingerprint density at radius 3 is 2.73 bits per heavy atom. The van der Waals surface area contributed by atoms with Gasteiger partial charge in [0.15, 0.2) is 0 Å². The third-order valence-electron chi connectivity index (χ3n) is 4.11. The molecule has 1 aliphatic rings. The molecular formula is C18H21N3O. The summed E-state index contributed by atoms with van der Waals surface area (Å²) in [6.07, 6.45) is 8.25. The van der Waals surface area contributed by atoms with Crippen LogP contribution in [-0.4, -0.2) is 15.5 Å². The van der Waals surface area contributed by atoms with Crippen molar-refractivity contribution in [3.05, 3.63) is 54.2 Å². The zero-order valence-corrected chi connectivity index (χ0v) is 13.0.